The van der Waals surface area contributed by atoms with Crippen molar-refractivity contribution in [3.8, 4) is 0 Å². The number of methoxy groups -OCH3 is 2. The summed E-state index contributed by atoms with van der Waals surface area (Å²) in [6, 6.07) is 19.3. The number of alkyl carbamates (subject to hydrolysis) is 1. The Hall–Kier alpha value is -5.54. The van der Waals surface area contributed by atoms with Gasteiger partial charge in [-0.25, -0.2) is 9.18 Å². The minimum atomic E-state index is -0.822. The minimum absolute atomic E-state index is 0.0212. The van der Waals surface area contributed by atoms with E-state index in [-0.39, 0.29) is 60.1 Å². The van der Waals surface area contributed by atoms with Gasteiger partial charge in [0.15, 0.2) is 0 Å². The molecule has 6 atom stereocenters. The van der Waals surface area contributed by atoms with E-state index in [9.17, 15) is 28.4 Å². The number of benzene rings is 3. The van der Waals surface area contributed by atoms with Gasteiger partial charge in [0.05, 0.1) is 32.0 Å². The number of halogens is 1. The molecule has 328 valence electrons. The second-order valence-corrected chi connectivity index (χ2v) is 16.8. The van der Waals surface area contributed by atoms with Gasteiger partial charge in [-0.2, -0.15) is 0 Å². The molecule has 15 heteroatoms. The van der Waals surface area contributed by atoms with E-state index < -0.39 is 30.3 Å². The van der Waals surface area contributed by atoms with Crippen molar-refractivity contribution in [3.05, 3.63) is 89.7 Å². The fraction of sp³-hybridized carbons (Fsp3) is 0.500. The number of nitrogens with zero attached hydrogens (tertiary/aromatic N) is 3. The first-order valence-electron chi connectivity index (χ1n) is 21.3. The average molecular weight is 842 g/mol. The van der Waals surface area contributed by atoms with E-state index in [0.717, 1.165) is 36.1 Å². The lowest BCUT2D eigenvalue weighted by atomic mass is 10.0. The van der Waals surface area contributed by atoms with Gasteiger partial charge in [0.2, 0.25) is 23.6 Å². The van der Waals surface area contributed by atoms with Crippen molar-refractivity contribution in [1.29, 1.82) is 0 Å². The van der Waals surface area contributed by atoms with Crippen LogP contribution >= 0.6 is 0 Å². The summed E-state index contributed by atoms with van der Waals surface area (Å²) in [6.45, 7) is 8.77. The highest BCUT2D eigenvalue weighted by Crippen LogP contribution is 2.47. The maximum absolute atomic E-state index is 14.2. The second-order valence-electron chi connectivity index (χ2n) is 16.8. The lowest BCUT2D eigenvalue weighted by Gasteiger charge is -2.33. The molecule has 61 heavy (non-hydrogen) atoms. The molecule has 0 saturated carbocycles. The molecule has 6 unspecified atom stereocenters. The highest BCUT2D eigenvalue weighted by molar-refractivity contribution is 5.99. The van der Waals surface area contributed by atoms with E-state index in [2.05, 4.69) is 26.2 Å². The molecule has 0 spiro atoms. The van der Waals surface area contributed by atoms with Gasteiger partial charge in [-0.15, -0.1) is 0 Å². The topological polar surface area (TPSA) is 162 Å². The van der Waals surface area contributed by atoms with Crippen LogP contribution in [0.2, 0.25) is 0 Å². The van der Waals surface area contributed by atoms with E-state index in [1.807, 2.05) is 76.2 Å². The molecule has 0 bridgehead atoms. The average Bonchev–Trinajstić information content (AvgIpc) is 4.04. The Bertz CT molecular complexity index is 2000. The zero-order chi connectivity index (χ0) is 43.8. The highest BCUT2D eigenvalue weighted by atomic mass is 19.1. The third-order valence-corrected chi connectivity index (χ3v) is 12.1. The molecule has 5 amide bonds. The Kier molecular flexibility index (Phi) is 15.0. The summed E-state index contributed by atoms with van der Waals surface area (Å²) in [7, 11) is 2.81. The second kappa shape index (κ2) is 20.3. The van der Waals surface area contributed by atoms with E-state index >= 15 is 0 Å². The van der Waals surface area contributed by atoms with Gasteiger partial charge in [0, 0.05) is 37.3 Å². The van der Waals surface area contributed by atoms with E-state index in [0.29, 0.717) is 43.7 Å². The lowest BCUT2D eigenvalue weighted by molar-refractivity contribution is -0.139. The normalized spacial score (nSPS) is 21.1. The molecule has 0 aromatic heterocycles. The SMILES string of the molecule is COCNC(C(=O)N1CCCC1C(=O)Nc1ccc(C2CCC(c3ccc(NC(=O)C4CCCN4C(=O)C(NC(=O)OC)C(C)C)cc3)N2c2ccc(F)cc2)cc1)C(C)C. The lowest BCUT2D eigenvalue weighted by Crippen LogP contribution is -2.54. The monoisotopic (exact) mass is 841 g/mol. The molecule has 0 aliphatic carbocycles. The van der Waals surface area contributed by atoms with Crippen molar-refractivity contribution >= 4 is 46.8 Å². The van der Waals surface area contributed by atoms with Crippen LogP contribution in [0.15, 0.2) is 72.8 Å². The van der Waals surface area contributed by atoms with Crippen molar-refractivity contribution in [3.63, 3.8) is 0 Å². The quantitative estimate of drug-likeness (QED) is 0.128. The van der Waals surface area contributed by atoms with Gasteiger partial charge in [-0.1, -0.05) is 52.0 Å². The Morgan fingerprint density at radius 1 is 0.656 bits per heavy atom. The zero-order valence-electron chi connectivity index (χ0n) is 36.0. The number of hydrogen-bond donors (Lipinski definition) is 4. The predicted octanol–water partition coefficient (Wildman–Crippen LogP) is 6.37. The first-order valence-corrected chi connectivity index (χ1v) is 21.3. The molecular weight excluding hydrogens is 782 g/mol. The van der Waals surface area contributed by atoms with E-state index in [1.165, 1.54) is 19.2 Å². The van der Waals surface area contributed by atoms with Crippen LogP contribution in [-0.4, -0.2) is 97.7 Å². The molecule has 6 rings (SSSR count). The summed E-state index contributed by atoms with van der Waals surface area (Å²) in [4.78, 5) is 71.7. The maximum atomic E-state index is 14.2. The first-order chi connectivity index (χ1) is 29.3. The first kappa shape index (κ1) is 45.0. The van der Waals surface area contributed by atoms with Crippen molar-refractivity contribution in [1.82, 2.24) is 20.4 Å². The van der Waals surface area contributed by atoms with Gasteiger partial charge in [-0.3, -0.25) is 24.5 Å². The summed E-state index contributed by atoms with van der Waals surface area (Å²) in [5, 5.41) is 11.8. The molecule has 3 aliphatic rings. The number of anilines is 3. The van der Waals surface area contributed by atoms with Crippen LogP contribution in [0.5, 0.6) is 0 Å². The van der Waals surface area contributed by atoms with Crippen LogP contribution in [0.4, 0.5) is 26.2 Å². The molecule has 3 aromatic rings. The number of rotatable bonds is 15. The molecule has 3 aromatic carbocycles. The minimum Gasteiger partial charge on any atom is -0.453 e. The number of amides is 5. The Balaban J connectivity index is 1.13. The number of hydrogen-bond acceptors (Lipinski definition) is 9. The van der Waals surface area contributed by atoms with E-state index in [4.69, 9.17) is 9.47 Å². The summed E-state index contributed by atoms with van der Waals surface area (Å²) >= 11 is 0. The summed E-state index contributed by atoms with van der Waals surface area (Å²) < 4.78 is 24.0. The van der Waals surface area contributed by atoms with Crippen LogP contribution in [0.25, 0.3) is 0 Å². The molecule has 14 nitrogen and oxygen atoms in total. The standard InChI is InChI=1S/C46H60FN7O7/c1-28(2)40(48-27-60-5)44(57)52-25-7-9-38(52)42(55)49-33-17-11-30(12-18-33)36-23-24-37(54(36)35-21-15-32(47)16-22-35)31-13-19-34(20-14-31)50-43(56)39-10-8-26-53(39)45(58)41(29(3)4)51-46(59)61-6/h11-22,28-29,36-41,48H,7-10,23-27H2,1-6H3,(H,49,55)(H,50,56)(H,51,59). The molecular formula is C46H60FN7O7. The van der Waals surface area contributed by atoms with Crippen molar-refractivity contribution in [2.24, 2.45) is 11.8 Å². The van der Waals surface area contributed by atoms with Gasteiger partial charge in [-0.05, 0) is 110 Å². The number of likely N-dealkylation sites (tertiary alicyclic amines) is 2. The third kappa shape index (κ3) is 10.5. The molecule has 3 fully saturated rings. The summed E-state index contributed by atoms with van der Waals surface area (Å²) in [5.41, 5.74) is 4.14. The summed E-state index contributed by atoms with van der Waals surface area (Å²) in [5.74, 6) is -1.45. The van der Waals surface area contributed by atoms with Crippen LogP contribution in [0, 0.1) is 17.7 Å². The van der Waals surface area contributed by atoms with Crippen molar-refractivity contribution in [2.45, 2.75) is 102 Å². The Morgan fingerprint density at radius 3 is 1.54 bits per heavy atom. The largest absolute Gasteiger partial charge is 0.453 e. The van der Waals surface area contributed by atoms with Crippen molar-refractivity contribution < 1.29 is 37.8 Å². The molecule has 3 aliphatic heterocycles. The van der Waals surface area contributed by atoms with E-state index in [1.54, 1.807) is 29.0 Å². The van der Waals surface area contributed by atoms with Crippen LogP contribution < -0.4 is 26.2 Å². The molecule has 3 saturated heterocycles. The van der Waals surface area contributed by atoms with Gasteiger partial charge in [0.1, 0.15) is 23.9 Å². The Morgan fingerprint density at radius 2 is 1.11 bits per heavy atom. The third-order valence-electron chi connectivity index (χ3n) is 12.1. The summed E-state index contributed by atoms with van der Waals surface area (Å²) in [6.07, 6.45) is 3.43. The molecule has 0 radical (unpaired) electrons. The fourth-order valence-corrected chi connectivity index (χ4v) is 8.91. The smallest absolute Gasteiger partial charge is 0.407 e. The van der Waals surface area contributed by atoms with Crippen LogP contribution in [-0.2, 0) is 28.7 Å². The van der Waals surface area contributed by atoms with Gasteiger partial charge in [0.25, 0.3) is 0 Å². The predicted molar refractivity (Wildman–Crippen MR) is 231 cm³/mol. The van der Waals surface area contributed by atoms with Gasteiger partial charge < -0.3 is 40.1 Å². The zero-order valence-corrected chi connectivity index (χ0v) is 36.0. The fourth-order valence-electron chi connectivity index (χ4n) is 8.91. The molecule has 3 heterocycles. The number of carbonyl (C=O) groups excluding carboxylic acids is 5. The highest BCUT2D eigenvalue weighted by Gasteiger charge is 2.41. The number of nitrogens with one attached hydrogen (secondary N) is 4. The number of ether oxygens (including phenoxy) is 2. The Labute approximate surface area is 357 Å². The van der Waals surface area contributed by atoms with Crippen LogP contribution in [0.1, 0.15) is 89.4 Å². The van der Waals surface area contributed by atoms with Crippen LogP contribution in [0.3, 0.4) is 0 Å². The maximum Gasteiger partial charge on any atom is 0.407 e. The molecule has 4 N–H and O–H groups in total. The number of carbonyl (C=O) groups is 5. The van der Waals surface area contributed by atoms with Crippen molar-refractivity contribution in [2.75, 3.05) is 49.6 Å². The van der Waals surface area contributed by atoms with Gasteiger partial charge >= 0.3 is 6.09 Å².